The van der Waals surface area contributed by atoms with Gasteiger partial charge in [-0.3, -0.25) is 38.4 Å². The number of rotatable bonds is 23. The highest BCUT2D eigenvalue weighted by Crippen LogP contribution is 2.50. The number of fused-ring (bicyclic) bond motifs is 16. The number of aliphatic hydroxyl groups is 6. The highest BCUT2D eigenvalue weighted by atomic mass is 35.5. The highest BCUT2D eigenvalue weighted by molar-refractivity contribution is 6.42. The van der Waals surface area contributed by atoms with E-state index in [2.05, 4.69) is 42.5 Å². The topological polar surface area (TPSA) is 532 Å². The van der Waals surface area contributed by atoms with E-state index in [0.717, 1.165) is 66.6 Å². The summed E-state index contributed by atoms with van der Waals surface area (Å²) in [6.07, 6.45) is -18.0. The van der Waals surface area contributed by atoms with Crippen LogP contribution in [0, 0.1) is 5.92 Å². The van der Waals surface area contributed by atoms with Gasteiger partial charge in [-0.1, -0.05) is 96.6 Å². The van der Waals surface area contributed by atoms with E-state index in [9.17, 15) is 69.9 Å². The van der Waals surface area contributed by atoms with E-state index >= 15 is 14.4 Å². The van der Waals surface area contributed by atoms with E-state index in [-0.39, 0.29) is 75.7 Å². The molecule has 17 atom stereocenters. The number of likely N-dealkylation sites (N-methyl/N-ethyl adjacent to an activating group) is 1. The Labute approximate surface area is 701 Å². The molecule has 0 spiro atoms. The van der Waals surface area contributed by atoms with Crippen molar-refractivity contribution >= 4 is 93.7 Å². The van der Waals surface area contributed by atoms with E-state index in [1.807, 2.05) is 26.0 Å². The summed E-state index contributed by atoms with van der Waals surface area (Å²) in [5, 5.41) is 126. The summed E-state index contributed by atoms with van der Waals surface area (Å²) < 4.78 is 45.5. The van der Waals surface area contributed by atoms with Gasteiger partial charge in [-0.25, -0.2) is 0 Å². The van der Waals surface area contributed by atoms with Crippen LogP contribution in [0.1, 0.15) is 123 Å². The summed E-state index contributed by atoms with van der Waals surface area (Å²) >= 11 is 26.6. The summed E-state index contributed by atoms with van der Waals surface area (Å²) in [5.41, 5.74) is 9.71. The average molecular weight is 1730 g/mol. The molecule has 7 bridgehead atoms. The summed E-state index contributed by atoms with van der Waals surface area (Å²) in [6.45, 7) is 6.68. The molecule has 34 nitrogen and oxygen atoms in total. The first kappa shape index (κ1) is 89.4. The van der Waals surface area contributed by atoms with Crippen LogP contribution in [0.3, 0.4) is 0 Å². The molecule has 2 saturated heterocycles. The smallest absolute Gasteiger partial charge is 0.248 e. The van der Waals surface area contributed by atoms with Crippen molar-refractivity contribution in [3.63, 3.8) is 0 Å². The fourth-order valence-corrected chi connectivity index (χ4v) is 14.9. The molecule has 0 saturated carbocycles. The minimum atomic E-state index is -2.32. The average Bonchev–Trinajstić information content (AvgIpc) is 0.773. The van der Waals surface area contributed by atoms with Crippen molar-refractivity contribution < 1.29 is 117 Å². The van der Waals surface area contributed by atoms with Crippen LogP contribution in [0.15, 0.2) is 121 Å². The number of benzene rings is 7. The Bertz CT molecular complexity index is 4980. The number of amides is 8. The van der Waals surface area contributed by atoms with Gasteiger partial charge in [0, 0.05) is 49.2 Å². The molecule has 0 aromatic heterocycles. The number of carbonyl (C=O) groups is 8. The molecule has 38 heteroatoms. The zero-order valence-corrected chi connectivity index (χ0v) is 67.7. The molecule has 6 aliphatic rings. The van der Waals surface area contributed by atoms with Crippen LogP contribution in [-0.2, 0) is 65.7 Å². The summed E-state index contributed by atoms with van der Waals surface area (Å²) in [4.78, 5) is 115. The fraction of sp³-hybridized carbons (Fsp3) is 0.383. The first-order chi connectivity index (χ1) is 56.4. The van der Waals surface area contributed by atoms with E-state index in [1.165, 1.54) is 37.4 Å². The number of ether oxygens (including phenoxy) is 7. The number of aliphatic hydroxyl groups excluding tert-OH is 6. The molecule has 8 amide bonds. The van der Waals surface area contributed by atoms with Gasteiger partial charge in [0.05, 0.1) is 57.5 Å². The highest BCUT2D eigenvalue weighted by Gasteiger charge is 2.52. The van der Waals surface area contributed by atoms with Gasteiger partial charge >= 0.3 is 0 Å². The van der Waals surface area contributed by atoms with Gasteiger partial charge in [-0.15, -0.1) is 0 Å². The zero-order chi connectivity index (χ0) is 86.3. The van der Waals surface area contributed by atoms with Gasteiger partial charge in [-0.2, -0.15) is 0 Å². The standard InChI is InChI=1S/C81H90Cl4N10O24/c1-34(2)19-51(88-6)75(108)95-67-68(103)41-12-18-57(50(85)23-41)116-59-25-42-24-58(71(59)119-80-72(70(105)69(104)60(32-96)117-80)118-62-29-81(5,73(106)35(3)114-62)90-30-37-7-13-44(14-8-37)113-33-38-9-15-47(82)48(83)20-38)115-56-17-11-39(22-49(56)84)55(101)31-89-77(110)64(94-78(111)65(42)93-76(109)52(28-61(86)102)92-79(67)112)40-10-16-53(99)45(21-40)63-46(26-43(98)27-54(63)100)66(74(87)107)91-36(4)97/h7-18,20-27,34-35,51-52,55,60,62,64-70,72-73,80,88,90,96,98-101,103-106H,19,28-33H2,1-6H3,(H2,86,102)(H2,87,107)(H,89,110)(H,91,97)(H,92,112)(H,93,109)(H,94,111)(H,95,108)/t35?,51-,52+,55+,60?,62?,64?,65-,66+,67-,68-,69?,70?,72?,73?,80?,81?/m1/s1. The minimum absolute atomic E-state index is 0.0440. The van der Waals surface area contributed by atoms with Gasteiger partial charge in [0.2, 0.25) is 59.3 Å². The van der Waals surface area contributed by atoms with Gasteiger partial charge in [-0.05, 0) is 151 Å². The van der Waals surface area contributed by atoms with Crippen LogP contribution >= 0.6 is 46.4 Å². The molecule has 6 heterocycles. The predicted molar refractivity (Wildman–Crippen MR) is 427 cm³/mol. The molecule has 0 radical (unpaired) electrons. The third kappa shape index (κ3) is 21.1. The molecule has 10 unspecified atom stereocenters. The van der Waals surface area contributed by atoms with Crippen LogP contribution in [0.5, 0.6) is 51.7 Å². The molecule has 13 rings (SSSR count). The number of primary amides is 2. The maximum absolute atomic E-state index is 16.2. The SMILES string of the molecule is CN[C@H](CC(C)C)C(=O)N[C@H]1C(=O)N[C@@H](CC(N)=O)C(=O)N[C@H]2C(=O)NC(c3ccc(O)c(-c4c(O)cc(O)cc4[C@H](NC(C)=O)C(N)=O)c3)C(=O)NC[C@H](O)c3ccc(c(Cl)c3)Oc3cc2cc(c3OC2OC(CO)C(O)C(O)C2OC2CC(C)(NCc3ccc(OCc4ccc(Cl)c(Cl)c4)cc3)C(O)C(C)O2)Oc2ccc(cc2Cl)[C@H]1O. The van der Waals surface area contributed by atoms with Gasteiger partial charge in [0.25, 0.3) is 0 Å². The normalized spacial score (nSPS) is 25.3. The van der Waals surface area contributed by atoms with Crippen molar-refractivity contribution in [1.82, 2.24) is 42.5 Å². The molecule has 7 aromatic rings. The van der Waals surface area contributed by atoms with Crippen LogP contribution in [0.4, 0.5) is 0 Å². The number of carbonyl (C=O) groups excluding carboxylic acids is 8. The minimum Gasteiger partial charge on any atom is -0.508 e. The zero-order valence-electron chi connectivity index (χ0n) is 64.6. The Morgan fingerprint density at radius 2 is 1.32 bits per heavy atom. The number of hydrogen-bond acceptors (Lipinski definition) is 26. The number of phenols is 3. The lowest BCUT2D eigenvalue weighted by atomic mass is 9.84. The van der Waals surface area contributed by atoms with E-state index in [4.69, 9.17) is 91.0 Å². The van der Waals surface area contributed by atoms with Crippen LogP contribution < -0.4 is 72.9 Å². The number of phenolic OH excluding ortho intramolecular Hbond substituents is 3. The second kappa shape index (κ2) is 38.3. The number of hydrogen-bond donors (Lipinski definition) is 19. The summed E-state index contributed by atoms with van der Waals surface area (Å²) in [5.74, 6) is -13.5. The first-order valence-electron chi connectivity index (χ1n) is 37.5. The Kier molecular flexibility index (Phi) is 28.8. The van der Waals surface area contributed by atoms with E-state index < -0.39 is 221 Å². The fourth-order valence-electron chi connectivity index (χ4n) is 14.2. The van der Waals surface area contributed by atoms with Crippen molar-refractivity contribution in [3.8, 4) is 62.9 Å². The number of halogens is 4. The first-order valence-corrected chi connectivity index (χ1v) is 39.0. The maximum Gasteiger partial charge on any atom is 0.248 e. The van der Waals surface area contributed by atoms with Crippen molar-refractivity contribution in [2.45, 2.75) is 170 Å². The third-order valence-electron chi connectivity index (χ3n) is 20.5. The quantitative estimate of drug-likeness (QED) is 0.0406. The lowest BCUT2D eigenvalue weighted by Crippen LogP contribution is -2.65. The van der Waals surface area contributed by atoms with Crippen molar-refractivity contribution in [1.29, 1.82) is 0 Å². The van der Waals surface area contributed by atoms with Crippen LogP contribution in [-0.4, -0.2) is 186 Å². The molecular formula is C81H90Cl4N10O24. The molecule has 7 aromatic carbocycles. The van der Waals surface area contributed by atoms with Crippen molar-refractivity contribution in [2.75, 3.05) is 20.2 Å². The van der Waals surface area contributed by atoms with Gasteiger partial charge in [0.15, 0.2) is 23.9 Å². The Morgan fingerprint density at radius 1 is 0.681 bits per heavy atom. The molecular weight excluding hydrogens is 1640 g/mol. The molecule has 2 fully saturated rings. The second-order valence-electron chi connectivity index (χ2n) is 29.7. The summed E-state index contributed by atoms with van der Waals surface area (Å²) in [7, 11) is 1.48. The molecule has 0 aliphatic carbocycles. The van der Waals surface area contributed by atoms with E-state index in [1.54, 1.807) is 44.2 Å². The van der Waals surface area contributed by atoms with E-state index in [0.29, 0.717) is 15.8 Å². The molecule has 21 N–H and O–H groups in total. The molecule has 6 aliphatic heterocycles. The van der Waals surface area contributed by atoms with Gasteiger partial charge in [0.1, 0.15) is 95.7 Å². The largest absolute Gasteiger partial charge is 0.508 e. The predicted octanol–water partition coefficient (Wildman–Crippen LogP) is 4.86. The van der Waals surface area contributed by atoms with Crippen molar-refractivity contribution in [2.24, 2.45) is 17.4 Å². The number of aromatic hydroxyl groups is 3. The lowest BCUT2D eigenvalue weighted by molar-refractivity contribution is -0.334. The Hall–Kier alpha value is -10.4. The summed E-state index contributed by atoms with van der Waals surface area (Å²) in [6, 6.07) is 15.4. The maximum atomic E-state index is 16.2. The monoisotopic (exact) mass is 1730 g/mol. The van der Waals surface area contributed by atoms with Crippen LogP contribution in [0.25, 0.3) is 11.1 Å². The lowest BCUT2D eigenvalue weighted by Gasteiger charge is -2.48. The Morgan fingerprint density at radius 3 is 1.94 bits per heavy atom. The molecule has 636 valence electrons. The Balaban J connectivity index is 1.06. The molecule has 119 heavy (non-hydrogen) atoms. The van der Waals surface area contributed by atoms with Gasteiger partial charge < -0.3 is 133 Å². The van der Waals surface area contributed by atoms with Crippen LogP contribution in [0.2, 0.25) is 20.1 Å². The third-order valence-corrected chi connectivity index (χ3v) is 21.8. The number of nitrogens with one attached hydrogen (secondary N) is 8. The van der Waals surface area contributed by atoms with Crippen molar-refractivity contribution in [3.05, 3.63) is 180 Å². The second-order valence-corrected chi connectivity index (χ2v) is 31.4. The number of nitrogens with two attached hydrogens (primary N) is 2.